The molecule has 0 spiro atoms. The summed E-state index contributed by atoms with van der Waals surface area (Å²) in [5.74, 6) is -0.871. The summed E-state index contributed by atoms with van der Waals surface area (Å²) in [6.07, 6.45) is 3.33. The minimum Gasteiger partial charge on any atom is -0.481 e. The van der Waals surface area contributed by atoms with Gasteiger partial charge in [-0.2, -0.15) is 0 Å². The number of carbonyl (C=O) groups is 1. The first-order valence-electron chi connectivity index (χ1n) is 7.99. The maximum Gasteiger partial charge on any atom is 0.306 e. The van der Waals surface area contributed by atoms with E-state index in [0.717, 1.165) is 24.3 Å². The largest absolute Gasteiger partial charge is 0.481 e. The van der Waals surface area contributed by atoms with Gasteiger partial charge in [-0.1, -0.05) is 6.07 Å². The highest BCUT2D eigenvalue weighted by Gasteiger charge is 2.31. The molecule has 1 unspecified atom stereocenters. The molecule has 1 aliphatic rings. The van der Waals surface area contributed by atoms with Gasteiger partial charge < -0.3 is 5.11 Å². The summed E-state index contributed by atoms with van der Waals surface area (Å²) in [6, 6.07) is 6.54. The van der Waals surface area contributed by atoms with E-state index in [1.165, 1.54) is 10.4 Å². The lowest BCUT2D eigenvalue weighted by atomic mass is 9.95. The second-order valence-corrected chi connectivity index (χ2v) is 7.28. The highest BCUT2D eigenvalue weighted by Crippen LogP contribution is 2.34. The first-order chi connectivity index (χ1) is 11.0. The average molecular weight is 330 g/mol. The number of carboxylic acids is 1. The van der Waals surface area contributed by atoms with Gasteiger partial charge in [0.15, 0.2) is 0 Å². The molecule has 122 valence electrons. The summed E-state index contributed by atoms with van der Waals surface area (Å²) in [7, 11) is 0. The third-order valence-electron chi connectivity index (χ3n) is 4.48. The number of hydrogen-bond donors (Lipinski definition) is 1. The fraction of sp³-hybridized carbons (Fsp3) is 0.444. The first-order valence-corrected chi connectivity index (χ1v) is 8.87. The second-order valence-electron chi connectivity index (χ2n) is 6.34. The Morgan fingerprint density at radius 3 is 2.57 bits per heavy atom. The molecule has 0 amide bonds. The number of carboxylic acid groups (broad SMARTS) is 1. The molecule has 2 aromatic rings. The number of pyridine rings is 1. The molecule has 2 aromatic heterocycles. The molecule has 0 radical (unpaired) electrons. The van der Waals surface area contributed by atoms with Crippen LogP contribution in [0.15, 0.2) is 29.8 Å². The molecule has 0 aliphatic carbocycles. The van der Waals surface area contributed by atoms with Crippen molar-refractivity contribution in [1.82, 2.24) is 9.88 Å². The van der Waals surface area contributed by atoms with Gasteiger partial charge in [-0.3, -0.25) is 14.7 Å². The Morgan fingerprint density at radius 1 is 1.30 bits per heavy atom. The molecular formula is C18H22N2O2S. The van der Waals surface area contributed by atoms with E-state index < -0.39 is 5.97 Å². The number of likely N-dealkylation sites (tertiary alicyclic amines) is 1. The van der Waals surface area contributed by atoms with Crippen molar-refractivity contribution in [1.29, 1.82) is 0 Å². The fourth-order valence-electron chi connectivity index (χ4n) is 3.16. The normalized spacial score (nSPS) is 18.0. The Bertz CT molecular complexity index is 673. The van der Waals surface area contributed by atoms with Crippen LogP contribution >= 0.6 is 11.3 Å². The van der Waals surface area contributed by atoms with Crippen LogP contribution in [0.1, 0.15) is 40.6 Å². The Labute approximate surface area is 140 Å². The molecule has 0 bridgehead atoms. The van der Waals surface area contributed by atoms with E-state index >= 15 is 0 Å². The van der Waals surface area contributed by atoms with Gasteiger partial charge >= 0.3 is 5.97 Å². The predicted molar refractivity (Wildman–Crippen MR) is 91.8 cm³/mol. The van der Waals surface area contributed by atoms with Crippen LogP contribution in [0.4, 0.5) is 0 Å². The molecule has 23 heavy (non-hydrogen) atoms. The van der Waals surface area contributed by atoms with Gasteiger partial charge in [-0.05, 0) is 68.4 Å². The fourth-order valence-corrected chi connectivity index (χ4v) is 4.20. The number of nitrogens with zero attached hydrogens (tertiary/aromatic N) is 2. The number of aromatic nitrogens is 1. The Morgan fingerprint density at radius 2 is 2.04 bits per heavy atom. The quantitative estimate of drug-likeness (QED) is 0.930. The number of rotatable bonds is 4. The number of aliphatic carboxylic acids is 1. The zero-order valence-corrected chi connectivity index (χ0v) is 14.3. The van der Waals surface area contributed by atoms with Crippen molar-refractivity contribution in [2.75, 3.05) is 13.1 Å². The van der Waals surface area contributed by atoms with Gasteiger partial charge in [0.1, 0.15) is 0 Å². The van der Waals surface area contributed by atoms with Crippen LogP contribution in [0.25, 0.3) is 0 Å². The summed E-state index contributed by atoms with van der Waals surface area (Å²) in [6.45, 7) is 5.75. The standard InChI is InChI=1S/C18H22N2O2S/c1-12-3-4-15(19-10-12)17(16-9-13(2)11-23-16)20-7-5-14(6-8-20)18(21)22/h3-4,9-11,14,17H,5-8H2,1-2H3,(H,21,22). The van der Waals surface area contributed by atoms with E-state index in [4.69, 9.17) is 0 Å². The molecule has 1 saturated heterocycles. The molecule has 3 rings (SSSR count). The van der Waals surface area contributed by atoms with Gasteiger partial charge in [-0.25, -0.2) is 0 Å². The average Bonchev–Trinajstić information content (AvgIpc) is 2.96. The molecular weight excluding hydrogens is 308 g/mol. The van der Waals surface area contributed by atoms with Crippen LogP contribution in [0.5, 0.6) is 0 Å². The van der Waals surface area contributed by atoms with Crippen molar-refractivity contribution in [3.05, 3.63) is 51.5 Å². The molecule has 0 saturated carbocycles. The third kappa shape index (κ3) is 3.62. The number of hydrogen-bond acceptors (Lipinski definition) is 4. The topological polar surface area (TPSA) is 53.4 Å². The molecule has 3 heterocycles. The lowest BCUT2D eigenvalue weighted by Gasteiger charge is -2.35. The van der Waals surface area contributed by atoms with Gasteiger partial charge in [0.25, 0.3) is 0 Å². The van der Waals surface area contributed by atoms with Crippen molar-refractivity contribution < 1.29 is 9.90 Å². The van der Waals surface area contributed by atoms with Crippen molar-refractivity contribution >= 4 is 17.3 Å². The van der Waals surface area contributed by atoms with Crippen LogP contribution < -0.4 is 0 Å². The molecule has 1 atom stereocenters. The summed E-state index contributed by atoms with van der Waals surface area (Å²) >= 11 is 1.76. The monoisotopic (exact) mass is 330 g/mol. The van der Waals surface area contributed by atoms with Crippen molar-refractivity contribution in [3.8, 4) is 0 Å². The van der Waals surface area contributed by atoms with Crippen LogP contribution in [-0.2, 0) is 4.79 Å². The van der Waals surface area contributed by atoms with E-state index in [9.17, 15) is 9.90 Å². The lowest BCUT2D eigenvalue weighted by Crippen LogP contribution is -2.39. The zero-order valence-electron chi connectivity index (χ0n) is 13.5. The Kier molecular flexibility index (Phi) is 4.78. The zero-order chi connectivity index (χ0) is 16.4. The van der Waals surface area contributed by atoms with Crippen molar-refractivity contribution in [3.63, 3.8) is 0 Å². The summed E-state index contributed by atoms with van der Waals surface area (Å²) in [5, 5.41) is 11.4. The van der Waals surface area contributed by atoms with Crippen molar-refractivity contribution in [2.24, 2.45) is 5.92 Å². The Balaban J connectivity index is 1.87. The maximum absolute atomic E-state index is 11.2. The number of thiophene rings is 1. The summed E-state index contributed by atoms with van der Waals surface area (Å²) in [4.78, 5) is 19.5. The minimum atomic E-state index is -0.665. The third-order valence-corrected chi connectivity index (χ3v) is 5.58. The summed E-state index contributed by atoms with van der Waals surface area (Å²) in [5.41, 5.74) is 3.47. The molecule has 1 N–H and O–H groups in total. The van der Waals surface area contributed by atoms with Gasteiger partial charge in [0, 0.05) is 11.1 Å². The maximum atomic E-state index is 11.2. The van der Waals surface area contributed by atoms with Crippen LogP contribution in [0.3, 0.4) is 0 Å². The van der Waals surface area contributed by atoms with E-state index in [0.29, 0.717) is 12.8 Å². The molecule has 1 fully saturated rings. The van der Waals surface area contributed by atoms with Crippen molar-refractivity contribution in [2.45, 2.75) is 32.7 Å². The van der Waals surface area contributed by atoms with E-state index in [2.05, 4.69) is 40.4 Å². The van der Waals surface area contributed by atoms with E-state index in [1.54, 1.807) is 11.3 Å². The van der Waals surface area contributed by atoms with Gasteiger partial charge in [0.2, 0.25) is 0 Å². The molecule has 0 aromatic carbocycles. The number of aryl methyl sites for hydroxylation is 2. The van der Waals surface area contributed by atoms with Crippen LogP contribution in [0.2, 0.25) is 0 Å². The van der Waals surface area contributed by atoms with E-state index in [1.807, 2.05) is 13.1 Å². The van der Waals surface area contributed by atoms with Crippen LogP contribution in [0, 0.1) is 19.8 Å². The second kappa shape index (κ2) is 6.81. The molecule has 1 aliphatic heterocycles. The van der Waals surface area contributed by atoms with Gasteiger partial charge in [0.05, 0.1) is 17.7 Å². The van der Waals surface area contributed by atoms with Crippen LogP contribution in [-0.4, -0.2) is 34.0 Å². The predicted octanol–water partition coefficient (Wildman–Crippen LogP) is 3.65. The SMILES string of the molecule is Cc1ccc(C(c2cc(C)cs2)N2CCC(C(=O)O)CC2)nc1. The highest BCUT2D eigenvalue weighted by molar-refractivity contribution is 7.10. The Hall–Kier alpha value is -1.72. The highest BCUT2D eigenvalue weighted by atomic mass is 32.1. The smallest absolute Gasteiger partial charge is 0.306 e. The van der Waals surface area contributed by atoms with E-state index in [-0.39, 0.29) is 12.0 Å². The lowest BCUT2D eigenvalue weighted by molar-refractivity contribution is -0.143. The minimum absolute atomic E-state index is 0.129. The first kappa shape index (κ1) is 16.1. The molecule has 5 heteroatoms. The number of piperidine rings is 1. The summed E-state index contributed by atoms with van der Waals surface area (Å²) < 4.78 is 0. The van der Waals surface area contributed by atoms with Gasteiger partial charge in [-0.15, -0.1) is 11.3 Å². The molecule has 4 nitrogen and oxygen atoms in total.